The molecule has 0 aliphatic rings. The summed E-state index contributed by atoms with van der Waals surface area (Å²) in [5.74, 6) is 1.39. The zero-order chi connectivity index (χ0) is 15.9. The van der Waals surface area contributed by atoms with Crippen molar-refractivity contribution in [2.45, 2.75) is 26.2 Å². The molecule has 3 nitrogen and oxygen atoms in total. The molecule has 0 bridgehead atoms. The molecule has 2 aromatic carbocycles. The van der Waals surface area contributed by atoms with Crippen LogP contribution >= 0.6 is 0 Å². The molecule has 0 aliphatic carbocycles. The lowest BCUT2D eigenvalue weighted by Crippen LogP contribution is -2.06. The summed E-state index contributed by atoms with van der Waals surface area (Å²) in [5.41, 5.74) is 3.15. The van der Waals surface area contributed by atoms with Gasteiger partial charge in [0.1, 0.15) is 11.5 Å². The van der Waals surface area contributed by atoms with Crippen molar-refractivity contribution in [3.05, 3.63) is 59.2 Å². The highest BCUT2D eigenvalue weighted by Gasteiger charge is 2.16. The number of hydrogen-bond donors (Lipinski definition) is 0. The summed E-state index contributed by atoms with van der Waals surface area (Å²) in [7, 11) is 1.63. The number of ether oxygens (including phenoxy) is 2. The van der Waals surface area contributed by atoms with Crippen molar-refractivity contribution in [2.24, 2.45) is 0 Å². The Hall–Kier alpha value is -2.47. The number of methoxy groups -OCH3 is 1. The Balaban J connectivity index is 2.06. The van der Waals surface area contributed by atoms with Gasteiger partial charge in [-0.3, -0.25) is 0 Å². The fraction of sp³-hybridized carbons (Fsp3) is 0.316. The van der Waals surface area contributed by atoms with Crippen LogP contribution in [0.5, 0.6) is 11.5 Å². The van der Waals surface area contributed by atoms with Crippen LogP contribution in [0, 0.1) is 25.2 Å². The lowest BCUT2D eigenvalue weighted by molar-refractivity contribution is 0.302. The fourth-order valence-electron chi connectivity index (χ4n) is 2.42. The smallest absolute Gasteiger partial charge is 0.123 e. The summed E-state index contributed by atoms with van der Waals surface area (Å²) in [6, 6.07) is 16.2. The predicted octanol–water partition coefficient (Wildman–Crippen LogP) is 4.39. The largest absolute Gasteiger partial charge is 0.496 e. The zero-order valence-electron chi connectivity index (χ0n) is 13.3. The highest BCUT2D eigenvalue weighted by atomic mass is 16.5. The van der Waals surface area contributed by atoms with Crippen molar-refractivity contribution in [2.75, 3.05) is 13.7 Å². The summed E-state index contributed by atoms with van der Waals surface area (Å²) in [5, 5.41) is 9.48. The van der Waals surface area contributed by atoms with E-state index < -0.39 is 0 Å². The molecule has 0 radical (unpaired) electrons. The molecule has 0 heterocycles. The summed E-state index contributed by atoms with van der Waals surface area (Å²) >= 11 is 0. The predicted molar refractivity (Wildman–Crippen MR) is 87.4 cm³/mol. The number of nitrogens with zero attached hydrogens (tertiary/aromatic N) is 1. The fourth-order valence-corrected chi connectivity index (χ4v) is 2.42. The summed E-state index contributed by atoms with van der Waals surface area (Å²) in [4.78, 5) is 0. The second-order valence-electron chi connectivity index (χ2n) is 5.33. The van der Waals surface area contributed by atoms with E-state index in [0.29, 0.717) is 13.0 Å². The Morgan fingerprint density at radius 2 is 1.86 bits per heavy atom. The molecule has 0 saturated heterocycles. The molecule has 3 heteroatoms. The highest BCUT2D eigenvalue weighted by molar-refractivity contribution is 5.42. The zero-order valence-corrected chi connectivity index (χ0v) is 13.3. The van der Waals surface area contributed by atoms with Crippen molar-refractivity contribution in [3.8, 4) is 17.6 Å². The van der Waals surface area contributed by atoms with E-state index in [2.05, 4.69) is 6.07 Å². The van der Waals surface area contributed by atoms with Crippen LogP contribution in [0.2, 0.25) is 0 Å². The Labute approximate surface area is 132 Å². The topological polar surface area (TPSA) is 42.2 Å². The normalized spacial score (nSPS) is 11.5. The maximum absolute atomic E-state index is 9.48. The van der Waals surface area contributed by atoms with E-state index in [9.17, 15) is 5.26 Å². The SMILES string of the molecule is COc1ccc(C)cc1C(C#N)CCOc1ccccc1C. The van der Waals surface area contributed by atoms with Crippen LogP contribution in [0.3, 0.4) is 0 Å². The third-order valence-corrected chi connectivity index (χ3v) is 3.67. The van der Waals surface area contributed by atoms with E-state index in [1.807, 2.05) is 56.3 Å². The van der Waals surface area contributed by atoms with Crippen molar-refractivity contribution in [1.29, 1.82) is 5.26 Å². The number of hydrogen-bond acceptors (Lipinski definition) is 3. The van der Waals surface area contributed by atoms with Gasteiger partial charge in [0.2, 0.25) is 0 Å². The lowest BCUT2D eigenvalue weighted by atomic mass is 9.95. The minimum Gasteiger partial charge on any atom is -0.496 e. The number of nitriles is 1. The number of rotatable bonds is 6. The Kier molecular flexibility index (Phi) is 5.43. The van der Waals surface area contributed by atoms with Gasteiger partial charge in [-0.1, -0.05) is 35.9 Å². The molecular weight excluding hydrogens is 274 g/mol. The molecule has 1 atom stereocenters. The molecule has 0 aliphatic heterocycles. The molecule has 2 aromatic rings. The van der Waals surface area contributed by atoms with Crippen LogP contribution in [-0.2, 0) is 0 Å². The van der Waals surface area contributed by atoms with E-state index in [0.717, 1.165) is 28.2 Å². The van der Waals surface area contributed by atoms with Gasteiger partial charge in [-0.05, 0) is 31.5 Å². The van der Waals surface area contributed by atoms with Gasteiger partial charge >= 0.3 is 0 Å². The highest BCUT2D eigenvalue weighted by Crippen LogP contribution is 2.30. The first kappa shape index (κ1) is 15.9. The molecule has 0 fully saturated rings. The van der Waals surface area contributed by atoms with Gasteiger partial charge in [0.15, 0.2) is 0 Å². The van der Waals surface area contributed by atoms with Gasteiger partial charge in [-0.15, -0.1) is 0 Å². The maximum Gasteiger partial charge on any atom is 0.123 e. The minimum absolute atomic E-state index is 0.237. The second kappa shape index (κ2) is 7.51. The third-order valence-electron chi connectivity index (χ3n) is 3.67. The number of para-hydroxylation sites is 1. The summed E-state index contributed by atoms with van der Waals surface area (Å²) in [6.07, 6.45) is 0.630. The second-order valence-corrected chi connectivity index (χ2v) is 5.33. The molecule has 0 N–H and O–H groups in total. The van der Waals surface area contributed by atoms with E-state index in [1.54, 1.807) is 7.11 Å². The van der Waals surface area contributed by atoms with Crippen molar-refractivity contribution < 1.29 is 9.47 Å². The summed E-state index contributed by atoms with van der Waals surface area (Å²) < 4.78 is 11.2. The van der Waals surface area contributed by atoms with Crippen LogP contribution in [-0.4, -0.2) is 13.7 Å². The number of aryl methyl sites for hydroxylation is 2. The average molecular weight is 295 g/mol. The van der Waals surface area contributed by atoms with Gasteiger partial charge in [-0.25, -0.2) is 0 Å². The summed E-state index contributed by atoms with van der Waals surface area (Å²) in [6.45, 7) is 4.53. The van der Waals surface area contributed by atoms with Crippen LogP contribution < -0.4 is 9.47 Å². The number of benzene rings is 2. The molecule has 114 valence electrons. The van der Waals surface area contributed by atoms with Crippen LogP contribution in [0.25, 0.3) is 0 Å². The average Bonchev–Trinajstić information content (AvgIpc) is 2.53. The van der Waals surface area contributed by atoms with E-state index >= 15 is 0 Å². The van der Waals surface area contributed by atoms with E-state index in [1.165, 1.54) is 0 Å². The maximum atomic E-state index is 9.48. The van der Waals surface area contributed by atoms with E-state index in [-0.39, 0.29) is 5.92 Å². The molecule has 0 aromatic heterocycles. The molecule has 0 amide bonds. The first-order valence-corrected chi connectivity index (χ1v) is 7.38. The first-order chi connectivity index (χ1) is 10.7. The molecule has 0 saturated carbocycles. The Morgan fingerprint density at radius 1 is 1.09 bits per heavy atom. The molecule has 0 spiro atoms. The lowest BCUT2D eigenvalue weighted by Gasteiger charge is -2.15. The first-order valence-electron chi connectivity index (χ1n) is 7.38. The monoisotopic (exact) mass is 295 g/mol. The van der Waals surface area contributed by atoms with Crippen molar-refractivity contribution in [1.82, 2.24) is 0 Å². The molecule has 2 rings (SSSR count). The van der Waals surface area contributed by atoms with Gasteiger partial charge in [-0.2, -0.15) is 5.26 Å². The molecular formula is C19H21NO2. The Morgan fingerprint density at radius 3 is 2.55 bits per heavy atom. The third kappa shape index (κ3) is 3.79. The van der Waals surface area contributed by atoms with Crippen molar-refractivity contribution >= 4 is 0 Å². The van der Waals surface area contributed by atoms with Gasteiger partial charge in [0.05, 0.1) is 25.7 Å². The van der Waals surface area contributed by atoms with E-state index in [4.69, 9.17) is 9.47 Å². The minimum atomic E-state index is -0.237. The van der Waals surface area contributed by atoms with Crippen molar-refractivity contribution in [3.63, 3.8) is 0 Å². The van der Waals surface area contributed by atoms with Crippen LogP contribution in [0.4, 0.5) is 0 Å². The molecule has 1 unspecified atom stereocenters. The van der Waals surface area contributed by atoms with Gasteiger partial charge in [0.25, 0.3) is 0 Å². The van der Waals surface area contributed by atoms with Gasteiger partial charge in [0, 0.05) is 12.0 Å². The Bertz CT molecular complexity index is 673. The quantitative estimate of drug-likeness (QED) is 0.793. The molecule has 22 heavy (non-hydrogen) atoms. The van der Waals surface area contributed by atoms with Crippen LogP contribution in [0.1, 0.15) is 29.0 Å². The van der Waals surface area contributed by atoms with Gasteiger partial charge < -0.3 is 9.47 Å². The van der Waals surface area contributed by atoms with Crippen LogP contribution in [0.15, 0.2) is 42.5 Å². The standard InChI is InChI=1S/C19H21NO2/c1-14-8-9-19(21-3)17(12-14)16(13-20)10-11-22-18-7-5-4-6-15(18)2/h4-9,12,16H,10-11H2,1-3H3.